The van der Waals surface area contributed by atoms with Crippen LogP contribution in [0.1, 0.15) is 30.1 Å². The highest BCUT2D eigenvalue weighted by molar-refractivity contribution is 5.71. The molecule has 0 radical (unpaired) electrons. The Morgan fingerprint density at radius 2 is 2.28 bits per heavy atom. The zero-order valence-electron chi connectivity index (χ0n) is 10.7. The first-order valence-electron chi connectivity index (χ1n) is 6.12. The van der Waals surface area contributed by atoms with Gasteiger partial charge in [-0.2, -0.15) is 0 Å². The van der Waals surface area contributed by atoms with Crippen LogP contribution in [0.5, 0.6) is 5.75 Å². The predicted molar refractivity (Wildman–Crippen MR) is 66.8 cm³/mol. The third kappa shape index (κ3) is 2.48. The summed E-state index contributed by atoms with van der Waals surface area (Å²) in [5.41, 5.74) is 1.91. The maximum atomic E-state index is 11.2. The van der Waals surface area contributed by atoms with Crippen molar-refractivity contribution in [2.75, 3.05) is 13.7 Å². The van der Waals surface area contributed by atoms with Gasteiger partial charge in [0.25, 0.3) is 0 Å². The number of benzene rings is 1. The van der Waals surface area contributed by atoms with Gasteiger partial charge in [-0.05, 0) is 43.0 Å². The minimum Gasteiger partial charge on any atom is -0.496 e. The molecule has 1 N–H and O–H groups in total. The Morgan fingerprint density at radius 1 is 1.50 bits per heavy atom. The number of carboxylic acid groups (broad SMARTS) is 1. The number of ether oxygens (including phenoxy) is 2. The van der Waals surface area contributed by atoms with E-state index in [2.05, 4.69) is 0 Å². The molecule has 2 unspecified atom stereocenters. The van der Waals surface area contributed by atoms with Gasteiger partial charge in [-0.3, -0.25) is 4.79 Å². The zero-order chi connectivity index (χ0) is 13.1. The number of hydrogen-bond donors (Lipinski definition) is 1. The molecule has 2 atom stereocenters. The minimum atomic E-state index is -0.784. The van der Waals surface area contributed by atoms with Crippen molar-refractivity contribution in [3.8, 4) is 5.75 Å². The second-order valence-electron chi connectivity index (χ2n) is 4.61. The van der Waals surface area contributed by atoms with Crippen LogP contribution in [-0.4, -0.2) is 24.8 Å². The molecule has 4 heteroatoms. The first-order chi connectivity index (χ1) is 8.63. The molecule has 1 aliphatic rings. The van der Waals surface area contributed by atoms with Gasteiger partial charge < -0.3 is 14.6 Å². The van der Waals surface area contributed by atoms with Crippen LogP contribution in [0.2, 0.25) is 0 Å². The Hall–Kier alpha value is -1.55. The van der Waals surface area contributed by atoms with Crippen LogP contribution in [0, 0.1) is 12.8 Å². The van der Waals surface area contributed by atoms with Crippen molar-refractivity contribution >= 4 is 5.97 Å². The quantitative estimate of drug-likeness (QED) is 0.895. The lowest BCUT2D eigenvalue weighted by Crippen LogP contribution is -2.28. The first-order valence-corrected chi connectivity index (χ1v) is 6.12. The maximum absolute atomic E-state index is 11.2. The standard InChI is InChI=1S/C14H18O4/c1-9-8-10(5-6-12(9)17-2)13-11(14(15)16)4-3-7-18-13/h5-6,8,11,13H,3-4,7H2,1-2H3,(H,15,16). The predicted octanol–water partition coefficient (Wildman–Crippen LogP) is 2.56. The van der Waals surface area contributed by atoms with Gasteiger partial charge in [0.15, 0.2) is 0 Å². The molecule has 1 aromatic rings. The van der Waals surface area contributed by atoms with E-state index in [9.17, 15) is 9.90 Å². The fourth-order valence-corrected chi connectivity index (χ4v) is 2.44. The zero-order valence-corrected chi connectivity index (χ0v) is 10.7. The summed E-state index contributed by atoms with van der Waals surface area (Å²) >= 11 is 0. The van der Waals surface area contributed by atoms with E-state index in [4.69, 9.17) is 9.47 Å². The van der Waals surface area contributed by atoms with E-state index in [0.717, 1.165) is 23.3 Å². The highest BCUT2D eigenvalue weighted by atomic mass is 16.5. The molecule has 18 heavy (non-hydrogen) atoms. The van der Waals surface area contributed by atoms with Gasteiger partial charge >= 0.3 is 5.97 Å². The van der Waals surface area contributed by atoms with Crippen molar-refractivity contribution in [3.63, 3.8) is 0 Å². The molecule has 0 amide bonds. The molecular weight excluding hydrogens is 232 g/mol. The number of rotatable bonds is 3. The van der Waals surface area contributed by atoms with E-state index in [1.54, 1.807) is 7.11 Å². The van der Waals surface area contributed by atoms with Crippen LogP contribution >= 0.6 is 0 Å². The molecule has 1 heterocycles. The summed E-state index contributed by atoms with van der Waals surface area (Å²) in [6, 6.07) is 5.70. The molecule has 0 aliphatic carbocycles. The summed E-state index contributed by atoms with van der Waals surface area (Å²) in [4.78, 5) is 11.2. The molecule has 2 rings (SSSR count). The average Bonchev–Trinajstić information content (AvgIpc) is 2.38. The second kappa shape index (κ2) is 5.40. The molecule has 1 aliphatic heterocycles. The Labute approximate surface area is 107 Å². The van der Waals surface area contributed by atoms with E-state index in [0.29, 0.717) is 13.0 Å². The Bertz CT molecular complexity index is 441. The van der Waals surface area contributed by atoms with Gasteiger partial charge in [0.2, 0.25) is 0 Å². The van der Waals surface area contributed by atoms with Crippen molar-refractivity contribution < 1.29 is 19.4 Å². The molecule has 1 aromatic carbocycles. The molecule has 0 bridgehead atoms. The monoisotopic (exact) mass is 250 g/mol. The minimum absolute atomic E-state index is 0.346. The van der Waals surface area contributed by atoms with Gasteiger partial charge in [0.1, 0.15) is 5.75 Å². The van der Waals surface area contributed by atoms with Crippen molar-refractivity contribution in [3.05, 3.63) is 29.3 Å². The normalized spacial score (nSPS) is 23.7. The topological polar surface area (TPSA) is 55.8 Å². The van der Waals surface area contributed by atoms with E-state index < -0.39 is 11.9 Å². The van der Waals surface area contributed by atoms with Crippen molar-refractivity contribution in [1.29, 1.82) is 0 Å². The summed E-state index contributed by atoms with van der Waals surface area (Å²) in [6.07, 6.45) is 1.13. The molecule has 0 aromatic heterocycles. The second-order valence-corrected chi connectivity index (χ2v) is 4.61. The number of aliphatic carboxylic acids is 1. The summed E-state index contributed by atoms with van der Waals surface area (Å²) in [7, 11) is 1.62. The highest BCUT2D eigenvalue weighted by Gasteiger charge is 2.33. The van der Waals surface area contributed by atoms with Crippen molar-refractivity contribution in [1.82, 2.24) is 0 Å². The molecule has 0 saturated carbocycles. The highest BCUT2D eigenvalue weighted by Crippen LogP contribution is 2.35. The van der Waals surface area contributed by atoms with Gasteiger partial charge in [0, 0.05) is 6.61 Å². The van der Waals surface area contributed by atoms with Crippen LogP contribution in [0.3, 0.4) is 0 Å². The van der Waals surface area contributed by atoms with Crippen LogP contribution in [0.25, 0.3) is 0 Å². The summed E-state index contributed by atoms with van der Waals surface area (Å²) in [5.74, 6) is -0.429. The fraction of sp³-hybridized carbons (Fsp3) is 0.500. The largest absolute Gasteiger partial charge is 0.496 e. The van der Waals surface area contributed by atoms with Crippen LogP contribution in [0.15, 0.2) is 18.2 Å². The maximum Gasteiger partial charge on any atom is 0.309 e. The van der Waals surface area contributed by atoms with Gasteiger partial charge in [-0.25, -0.2) is 0 Å². The number of aryl methyl sites for hydroxylation is 1. The first kappa shape index (κ1) is 12.9. The van der Waals surface area contributed by atoms with Gasteiger partial charge in [-0.1, -0.05) is 6.07 Å². The van der Waals surface area contributed by atoms with Crippen molar-refractivity contribution in [2.24, 2.45) is 5.92 Å². The number of carboxylic acids is 1. The van der Waals surface area contributed by atoms with Crippen LogP contribution in [0.4, 0.5) is 0 Å². The fourth-order valence-electron chi connectivity index (χ4n) is 2.44. The lowest BCUT2D eigenvalue weighted by atomic mass is 9.89. The van der Waals surface area contributed by atoms with E-state index in [1.807, 2.05) is 25.1 Å². The van der Waals surface area contributed by atoms with Gasteiger partial charge in [-0.15, -0.1) is 0 Å². The average molecular weight is 250 g/mol. The summed E-state index contributed by atoms with van der Waals surface area (Å²) in [5, 5.41) is 9.24. The van der Waals surface area contributed by atoms with Gasteiger partial charge in [0.05, 0.1) is 19.1 Å². The van der Waals surface area contributed by atoms with Crippen molar-refractivity contribution in [2.45, 2.75) is 25.9 Å². The Balaban J connectivity index is 2.28. The molecule has 98 valence electrons. The SMILES string of the molecule is COc1ccc(C2OCCCC2C(=O)O)cc1C. The van der Waals surface area contributed by atoms with E-state index in [1.165, 1.54) is 0 Å². The lowest BCUT2D eigenvalue weighted by molar-refractivity contribution is -0.151. The third-order valence-electron chi connectivity index (χ3n) is 3.39. The molecule has 1 saturated heterocycles. The third-order valence-corrected chi connectivity index (χ3v) is 3.39. The lowest BCUT2D eigenvalue weighted by Gasteiger charge is -2.29. The van der Waals surface area contributed by atoms with Crippen LogP contribution < -0.4 is 4.74 Å². The summed E-state index contributed by atoms with van der Waals surface area (Å²) < 4.78 is 10.8. The smallest absolute Gasteiger partial charge is 0.309 e. The number of hydrogen-bond acceptors (Lipinski definition) is 3. The molecule has 0 spiro atoms. The molecule has 1 fully saturated rings. The Kier molecular flexibility index (Phi) is 3.87. The molecular formula is C14H18O4. The van der Waals surface area contributed by atoms with E-state index >= 15 is 0 Å². The Morgan fingerprint density at radius 3 is 2.89 bits per heavy atom. The number of methoxy groups -OCH3 is 1. The molecule has 4 nitrogen and oxygen atoms in total. The van der Waals surface area contributed by atoms with E-state index in [-0.39, 0.29) is 6.10 Å². The van der Waals surface area contributed by atoms with Crippen LogP contribution in [-0.2, 0) is 9.53 Å². The summed E-state index contributed by atoms with van der Waals surface area (Å²) in [6.45, 7) is 2.57. The number of carbonyl (C=O) groups is 1.